The molecule has 8 nitrogen and oxygen atoms in total. The molecule has 0 amide bonds. The average Bonchev–Trinajstić information content (AvgIpc) is 2.67. The van der Waals surface area contributed by atoms with Crippen molar-refractivity contribution in [3.63, 3.8) is 0 Å². The molecule has 0 saturated carbocycles. The van der Waals surface area contributed by atoms with Gasteiger partial charge in [-0.05, 0) is 36.8 Å². The molecule has 28 heavy (non-hydrogen) atoms. The first-order valence-electron chi connectivity index (χ1n) is 8.30. The molecular formula is C19H16FN5O3. The fraction of sp³-hybridized carbons (Fsp3) is 0.105. The molecule has 0 saturated heterocycles. The molecule has 0 aliphatic carbocycles. The first kappa shape index (κ1) is 18.9. The largest absolute Gasteiger partial charge is 0.360 e. The maximum absolute atomic E-state index is 13.0. The highest BCUT2D eigenvalue weighted by Gasteiger charge is 2.23. The second-order valence-electron chi connectivity index (χ2n) is 5.92. The third kappa shape index (κ3) is 4.44. The number of rotatable bonds is 7. The number of nitro groups is 1. The summed E-state index contributed by atoms with van der Waals surface area (Å²) in [4.78, 5) is 30.4. The number of aromatic nitrogens is 2. The Kier molecular flexibility index (Phi) is 5.54. The van der Waals surface area contributed by atoms with Crippen LogP contribution in [-0.4, -0.2) is 20.7 Å². The van der Waals surface area contributed by atoms with Crippen molar-refractivity contribution < 1.29 is 14.1 Å². The van der Waals surface area contributed by atoms with Gasteiger partial charge in [0.2, 0.25) is 11.6 Å². The first-order valence-corrected chi connectivity index (χ1v) is 8.30. The predicted molar refractivity (Wildman–Crippen MR) is 102 cm³/mol. The number of ketones is 1. The van der Waals surface area contributed by atoms with E-state index in [0.717, 1.165) is 5.56 Å². The zero-order chi connectivity index (χ0) is 20.1. The van der Waals surface area contributed by atoms with Gasteiger partial charge < -0.3 is 10.6 Å². The fourth-order valence-corrected chi connectivity index (χ4v) is 2.51. The first-order chi connectivity index (χ1) is 13.4. The topological polar surface area (TPSA) is 110 Å². The molecule has 0 unspecified atom stereocenters. The van der Waals surface area contributed by atoms with Gasteiger partial charge in [0.15, 0.2) is 5.78 Å². The smallest absolute Gasteiger partial charge is 0.353 e. The minimum atomic E-state index is -0.593. The second kappa shape index (κ2) is 8.21. The number of Topliss-reactive ketones (excluding diaryl/α,β-unsaturated/α-hetero) is 1. The molecular weight excluding hydrogens is 365 g/mol. The number of benzene rings is 2. The number of nitrogens with one attached hydrogen (secondary N) is 2. The van der Waals surface area contributed by atoms with E-state index in [1.807, 2.05) is 0 Å². The van der Waals surface area contributed by atoms with E-state index in [9.17, 15) is 19.3 Å². The van der Waals surface area contributed by atoms with Gasteiger partial charge in [-0.2, -0.15) is 0 Å². The highest BCUT2D eigenvalue weighted by Crippen LogP contribution is 2.31. The Labute approximate surface area is 159 Å². The van der Waals surface area contributed by atoms with Gasteiger partial charge >= 0.3 is 5.69 Å². The SMILES string of the molecule is CC(=O)c1cccc(Nc2ncnc(NCc3ccc(F)cc3)c2[N+](=O)[O-])c1. The molecule has 1 heterocycles. The fourth-order valence-electron chi connectivity index (χ4n) is 2.51. The lowest BCUT2D eigenvalue weighted by Crippen LogP contribution is -2.08. The third-order valence-electron chi connectivity index (χ3n) is 3.91. The van der Waals surface area contributed by atoms with Crippen LogP contribution in [0.3, 0.4) is 0 Å². The summed E-state index contributed by atoms with van der Waals surface area (Å²) in [5.74, 6) is -0.476. The van der Waals surface area contributed by atoms with Crippen LogP contribution < -0.4 is 10.6 Å². The highest BCUT2D eigenvalue weighted by atomic mass is 19.1. The Morgan fingerprint density at radius 1 is 1.14 bits per heavy atom. The monoisotopic (exact) mass is 381 g/mol. The Bertz CT molecular complexity index is 1020. The van der Waals surface area contributed by atoms with E-state index in [1.165, 1.54) is 25.4 Å². The molecule has 142 valence electrons. The molecule has 0 radical (unpaired) electrons. The van der Waals surface area contributed by atoms with E-state index in [2.05, 4.69) is 20.6 Å². The van der Waals surface area contributed by atoms with Crippen LogP contribution in [0.2, 0.25) is 0 Å². The van der Waals surface area contributed by atoms with Crippen molar-refractivity contribution in [2.24, 2.45) is 0 Å². The van der Waals surface area contributed by atoms with Crippen molar-refractivity contribution in [3.05, 3.63) is 81.9 Å². The molecule has 2 N–H and O–H groups in total. The number of hydrogen-bond donors (Lipinski definition) is 2. The summed E-state index contributed by atoms with van der Waals surface area (Å²) >= 11 is 0. The van der Waals surface area contributed by atoms with Crippen molar-refractivity contribution in [1.82, 2.24) is 9.97 Å². The second-order valence-corrected chi connectivity index (χ2v) is 5.92. The van der Waals surface area contributed by atoms with Crippen molar-refractivity contribution >= 4 is 28.8 Å². The van der Waals surface area contributed by atoms with Crippen molar-refractivity contribution in [1.29, 1.82) is 0 Å². The lowest BCUT2D eigenvalue weighted by Gasteiger charge is -2.10. The van der Waals surface area contributed by atoms with Crippen LogP contribution in [-0.2, 0) is 6.54 Å². The van der Waals surface area contributed by atoms with Gasteiger partial charge in [-0.3, -0.25) is 14.9 Å². The van der Waals surface area contributed by atoms with E-state index >= 15 is 0 Å². The minimum Gasteiger partial charge on any atom is -0.360 e. The predicted octanol–water partition coefficient (Wildman–Crippen LogP) is 4.08. The summed E-state index contributed by atoms with van der Waals surface area (Å²) in [6, 6.07) is 12.3. The summed E-state index contributed by atoms with van der Waals surface area (Å²) in [5.41, 5.74) is 1.35. The average molecular weight is 381 g/mol. The van der Waals surface area contributed by atoms with Crippen LogP contribution in [0.5, 0.6) is 0 Å². The number of carbonyl (C=O) groups is 1. The summed E-state index contributed by atoms with van der Waals surface area (Å²) < 4.78 is 13.0. The molecule has 0 fully saturated rings. The van der Waals surface area contributed by atoms with E-state index < -0.39 is 4.92 Å². The number of carbonyl (C=O) groups excluding carboxylic acids is 1. The van der Waals surface area contributed by atoms with Crippen molar-refractivity contribution in [2.75, 3.05) is 10.6 Å². The molecule has 3 rings (SSSR count). The van der Waals surface area contributed by atoms with Gasteiger partial charge in [-0.25, -0.2) is 14.4 Å². The summed E-state index contributed by atoms with van der Waals surface area (Å²) in [6.45, 7) is 1.65. The summed E-state index contributed by atoms with van der Waals surface area (Å²) in [7, 11) is 0. The quantitative estimate of drug-likeness (QED) is 0.360. The molecule has 0 bridgehead atoms. The van der Waals surface area contributed by atoms with Crippen LogP contribution in [0.1, 0.15) is 22.8 Å². The van der Waals surface area contributed by atoms with Crippen LogP contribution in [0.25, 0.3) is 0 Å². The third-order valence-corrected chi connectivity index (χ3v) is 3.91. The zero-order valence-electron chi connectivity index (χ0n) is 14.8. The number of halogens is 1. The Hall–Kier alpha value is -3.88. The van der Waals surface area contributed by atoms with Gasteiger partial charge in [0.05, 0.1) is 4.92 Å². The zero-order valence-corrected chi connectivity index (χ0v) is 14.8. The Morgan fingerprint density at radius 2 is 1.86 bits per heavy atom. The van der Waals surface area contributed by atoms with Crippen LogP contribution in [0.15, 0.2) is 54.9 Å². The summed E-state index contributed by atoms with van der Waals surface area (Å²) in [5, 5.41) is 17.3. The molecule has 0 aliphatic heterocycles. The van der Waals surface area contributed by atoms with Gasteiger partial charge in [-0.1, -0.05) is 24.3 Å². The van der Waals surface area contributed by atoms with E-state index in [-0.39, 0.29) is 35.5 Å². The highest BCUT2D eigenvalue weighted by molar-refractivity contribution is 5.95. The lowest BCUT2D eigenvalue weighted by molar-refractivity contribution is -0.383. The molecule has 9 heteroatoms. The van der Waals surface area contributed by atoms with Gasteiger partial charge in [0.25, 0.3) is 0 Å². The molecule has 3 aromatic rings. The molecule has 0 aliphatic rings. The number of nitrogens with zero attached hydrogens (tertiary/aromatic N) is 3. The van der Waals surface area contributed by atoms with Crippen LogP contribution in [0, 0.1) is 15.9 Å². The van der Waals surface area contributed by atoms with Gasteiger partial charge in [0, 0.05) is 17.8 Å². The number of hydrogen-bond acceptors (Lipinski definition) is 7. The molecule has 1 aromatic heterocycles. The number of anilines is 3. The molecule has 0 atom stereocenters. The van der Waals surface area contributed by atoms with E-state index in [4.69, 9.17) is 0 Å². The minimum absolute atomic E-state index is 0.0118. The van der Waals surface area contributed by atoms with Crippen LogP contribution >= 0.6 is 0 Å². The molecule has 0 spiro atoms. The standard InChI is InChI=1S/C19H16FN5O3/c1-12(26)14-3-2-4-16(9-14)24-19-17(25(27)28)18(22-11-23-19)21-10-13-5-7-15(20)8-6-13/h2-9,11H,10H2,1H3,(H2,21,22,23,24). The van der Waals surface area contributed by atoms with Gasteiger partial charge in [-0.15, -0.1) is 0 Å². The van der Waals surface area contributed by atoms with Gasteiger partial charge in [0.1, 0.15) is 12.1 Å². The maximum Gasteiger partial charge on any atom is 0.353 e. The van der Waals surface area contributed by atoms with Crippen molar-refractivity contribution in [2.45, 2.75) is 13.5 Å². The molecule has 2 aromatic carbocycles. The summed E-state index contributed by atoms with van der Waals surface area (Å²) in [6.07, 6.45) is 1.19. The Morgan fingerprint density at radius 3 is 2.54 bits per heavy atom. The Balaban J connectivity index is 1.87. The van der Waals surface area contributed by atoms with E-state index in [0.29, 0.717) is 11.3 Å². The lowest BCUT2D eigenvalue weighted by atomic mass is 10.1. The van der Waals surface area contributed by atoms with Crippen molar-refractivity contribution in [3.8, 4) is 0 Å². The normalized spacial score (nSPS) is 10.4. The van der Waals surface area contributed by atoms with E-state index in [1.54, 1.807) is 36.4 Å². The maximum atomic E-state index is 13.0. The van der Waals surface area contributed by atoms with Crippen LogP contribution in [0.4, 0.5) is 27.4 Å².